The highest BCUT2D eigenvalue weighted by Gasteiger charge is 2.36. The van der Waals surface area contributed by atoms with E-state index >= 15 is 0 Å². The molecule has 0 saturated heterocycles. The molecule has 0 aromatic carbocycles. The highest BCUT2D eigenvalue weighted by atomic mass is 32.1. The van der Waals surface area contributed by atoms with Gasteiger partial charge in [-0.05, 0) is 25.8 Å². The van der Waals surface area contributed by atoms with E-state index in [1.54, 1.807) is 25.2 Å². The van der Waals surface area contributed by atoms with Crippen molar-refractivity contribution in [3.05, 3.63) is 38.9 Å². The maximum Gasteiger partial charge on any atom is 0.453 e. The average molecular weight is 426 g/mol. The summed E-state index contributed by atoms with van der Waals surface area (Å²) < 4.78 is 39.7. The number of carbonyl (C=O) groups is 1. The number of fused-ring (bicyclic) bond motifs is 1. The average Bonchev–Trinajstić information content (AvgIpc) is 3.26. The molecule has 3 aromatic rings. The Morgan fingerprint density at radius 2 is 1.97 bits per heavy atom. The molecule has 1 amide bonds. The molecule has 0 radical (unpaired) electrons. The van der Waals surface area contributed by atoms with Crippen molar-refractivity contribution in [1.82, 2.24) is 29.9 Å². The van der Waals surface area contributed by atoms with Crippen molar-refractivity contribution < 1.29 is 18.0 Å². The van der Waals surface area contributed by atoms with E-state index in [0.717, 1.165) is 15.2 Å². The second-order valence-electron chi connectivity index (χ2n) is 7.01. The summed E-state index contributed by atoms with van der Waals surface area (Å²) in [6.07, 6.45) is -4.13. The molecule has 0 saturated carbocycles. The highest BCUT2D eigenvalue weighted by molar-refractivity contribution is 7.09. The normalized spacial score (nSPS) is 12.1. The fraction of sp³-hybridized carbons (Fsp3) is 0.500. The van der Waals surface area contributed by atoms with Gasteiger partial charge in [0.25, 0.3) is 11.6 Å². The largest absolute Gasteiger partial charge is 0.453 e. The van der Waals surface area contributed by atoms with E-state index in [0.29, 0.717) is 35.8 Å². The number of thiazole rings is 1. The van der Waals surface area contributed by atoms with Crippen LogP contribution in [0, 0.1) is 13.8 Å². The van der Waals surface area contributed by atoms with Crippen LogP contribution in [0.3, 0.4) is 0 Å². The van der Waals surface area contributed by atoms with Gasteiger partial charge >= 0.3 is 6.18 Å². The predicted molar refractivity (Wildman–Crippen MR) is 102 cm³/mol. The Hall–Kier alpha value is -2.56. The van der Waals surface area contributed by atoms with Gasteiger partial charge < -0.3 is 5.32 Å². The van der Waals surface area contributed by atoms with Crippen LogP contribution in [-0.2, 0) is 23.9 Å². The molecular weight excluding hydrogens is 405 g/mol. The van der Waals surface area contributed by atoms with Gasteiger partial charge in [-0.2, -0.15) is 18.2 Å². The maximum atomic E-state index is 12.9. The summed E-state index contributed by atoms with van der Waals surface area (Å²) in [5, 5.41) is 9.28. The van der Waals surface area contributed by atoms with Gasteiger partial charge in [0.15, 0.2) is 0 Å². The van der Waals surface area contributed by atoms with Crippen molar-refractivity contribution in [2.24, 2.45) is 0 Å². The summed E-state index contributed by atoms with van der Waals surface area (Å²) in [4.78, 5) is 24.2. The van der Waals surface area contributed by atoms with Crippen LogP contribution < -0.4 is 5.32 Å². The molecule has 7 nitrogen and oxygen atoms in total. The first-order valence-corrected chi connectivity index (χ1v) is 9.95. The Morgan fingerprint density at radius 3 is 2.59 bits per heavy atom. The first-order valence-electron chi connectivity index (χ1n) is 9.07. The molecule has 0 aliphatic carbocycles. The van der Waals surface area contributed by atoms with Crippen molar-refractivity contribution in [2.75, 3.05) is 0 Å². The van der Waals surface area contributed by atoms with E-state index in [4.69, 9.17) is 0 Å². The van der Waals surface area contributed by atoms with E-state index in [9.17, 15) is 18.0 Å². The molecule has 0 spiro atoms. The molecule has 3 rings (SSSR count). The molecule has 0 fully saturated rings. The molecule has 0 aliphatic rings. The van der Waals surface area contributed by atoms with Crippen molar-refractivity contribution >= 4 is 23.0 Å². The van der Waals surface area contributed by atoms with Crippen LogP contribution in [0.25, 0.3) is 5.78 Å². The van der Waals surface area contributed by atoms with Gasteiger partial charge in [-0.25, -0.2) is 14.5 Å². The number of aryl methyl sites for hydroxylation is 2. The number of rotatable bonds is 6. The minimum absolute atomic E-state index is 0.106. The lowest BCUT2D eigenvalue weighted by Gasteiger charge is -2.10. The Bertz CT molecular complexity index is 1040. The lowest BCUT2D eigenvalue weighted by atomic mass is 10.1. The van der Waals surface area contributed by atoms with Crippen LogP contribution in [0.2, 0.25) is 0 Å². The topological polar surface area (TPSA) is 85.1 Å². The van der Waals surface area contributed by atoms with Gasteiger partial charge in [-0.3, -0.25) is 4.79 Å². The third-order valence-electron chi connectivity index (χ3n) is 4.43. The molecule has 0 bridgehead atoms. The Kier molecular flexibility index (Phi) is 5.87. The number of nitrogens with one attached hydrogen (secondary N) is 1. The summed E-state index contributed by atoms with van der Waals surface area (Å²) in [5.41, 5.74) is 2.51. The van der Waals surface area contributed by atoms with Gasteiger partial charge in [0.1, 0.15) is 0 Å². The SMILES string of the molecule is Cc1nc2nc(C(F)(F)F)nn2c(C)c1CCC(=O)NCc1csc(C(C)C)n1. The van der Waals surface area contributed by atoms with Gasteiger partial charge in [0.05, 0.1) is 17.2 Å². The number of hydrogen-bond donors (Lipinski definition) is 1. The van der Waals surface area contributed by atoms with Crippen LogP contribution in [0.15, 0.2) is 5.38 Å². The number of halogens is 3. The molecule has 0 unspecified atom stereocenters. The summed E-state index contributed by atoms with van der Waals surface area (Å²) in [6.45, 7) is 7.79. The van der Waals surface area contributed by atoms with Gasteiger partial charge in [0, 0.05) is 29.1 Å². The molecule has 0 atom stereocenters. The number of alkyl halides is 3. The van der Waals surface area contributed by atoms with E-state index in [2.05, 4.69) is 39.2 Å². The second kappa shape index (κ2) is 8.05. The lowest BCUT2D eigenvalue weighted by Crippen LogP contribution is -2.23. The van der Waals surface area contributed by atoms with Crippen molar-refractivity contribution in [3.8, 4) is 0 Å². The zero-order chi connectivity index (χ0) is 21.3. The third-order valence-corrected chi connectivity index (χ3v) is 5.63. The molecular formula is C18H21F3N6OS. The quantitative estimate of drug-likeness (QED) is 0.651. The molecule has 1 N–H and O–H groups in total. The van der Waals surface area contributed by atoms with Crippen LogP contribution in [0.5, 0.6) is 0 Å². The zero-order valence-electron chi connectivity index (χ0n) is 16.5. The monoisotopic (exact) mass is 426 g/mol. The van der Waals surface area contributed by atoms with E-state index in [-0.39, 0.29) is 18.1 Å². The fourth-order valence-electron chi connectivity index (χ4n) is 2.88. The minimum atomic E-state index is -4.64. The van der Waals surface area contributed by atoms with E-state index < -0.39 is 12.0 Å². The van der Waals surface area contributed by atoms with Crippen LogP contribution in [0.4, 0.5) is 13.2 Å². The van der Waals surface area contributed by atoms with Gasteiger partial charge in [-0.15, -0.1) is 16.4 Å². The number of nitrogens with zero attached hydrogens (tertiary/aromatic N) is 5. The first kappa shape index (κ1) is 21.2. The minimum Gasteiger partial charge on any atom is -0.350 e. The predicted octanol–water partition coefficient (Wildman–Crippen LogP) is 3.59. The summed E-state index contributed by atoms with van der Waals surface area (Å²) in [7, 11) is 0. The van der Waals surface area contributed by atoms with Crippen LogP contribution in [-0.4, -0.2) is 30.5 Å². The second-order valence-corrected chi connectivity index (χ2v) is 7.90. The molecule has 29 heavy (non-hydrogen) atoms. The molecule has 156 valence electrons. The molecule has 0 aliphatic heterocycles. The maximum absolute atomic E-state index is 12.9. The Morgan fingerprint density at radius 1 is 1.24 bits per heavy atom. The van der Waals surface area contributed by atoms with E-state index in [1.165, 1.54) is 0 Å². The number of amides is 1. The lowest BCUT2D eigenvalue weighted by molar-refractivity contribution is -0.144. The van der Waals surface area contributed by atoms with Crippen molar-refractivity contribution in [1.29, 1.82) is 0 Å². The Balaban J connectivity index is 1.67. The first-order chi connectivity index (χ1) is 13.6. The Labute approximate surface area is 169 Å². The number of hydrogen-bond acceptors (Lipinski definition) is 6. The highest BCUT2D eigenvalue weighted by Crippen LogP contribution is 2.27. The molecule has 11 heteroatoms. The molecule has 3 aromatic heterocycles. The summed E-state index contributed by atoms with van der Waals surface area (Å²) >= 11 is 1.56. The smallest absolute Gasteiger partial charge is 0.350 e. The van der Waals surface area contributed by atoms with Gasteiger partial charge in [-0.1, -0.05) is 13.8 Å². The fourth-order valence-corrected chi connectivity index (χ4v) is 3.71. The number of aromatic nitrogens is 5. The molecule has 3 heterocycles. The standard InChI is InChI=1S/C18H21F3N6OS/c1-9(2)15-24-12(8-29-15)7-22-14(28)6-5-13-10(3)23-17-25-16(18(19,20)21)26-27(17)11(13)4/h8-9H,5-7H2,1-4H3,(H,22,28). The number of carbonyl (C=O) groups excluding carboxylic acids is 1. The summed E-state index contributed by atoms with van der Waals surface area (Å²) in [6, 6.07) is 0. The van der Waals surface area contributed by atoms with Crippen LogP contribution >= 0.6 is 11.3 Å². The zero-order valence-corrected chi connectivity index (χ0v) is 17.3. The van der Waals surface area contributed by atoms with Crippen molar-refractivity contribution in [2.45, 2.75) is 59.2 Å². The van der Waals surface area contributed by atoms with Gasteiger partial charge in [0.2, 0.25) is 5.91 Å². The summed E-state index contributed by atoms with van der Waals surface area (Å²) in [5.74, 6) is -1.17. The van der Waals surface area contributed by atoms with Crippen molar-refractivity contribution in [3.63, 3.8) is 0 Å². The third kappa shape index (κ3) is 4.72. The van der Waals surface area contributed by atoms with Crippen LogP contribution in [0.1, 0.15) is 59.7 Å². The van der Waals surface area contributed by atoms with E-state index in [1.807, 2.05) is 5.38 Å².